The molecule has 0 aliphatic rings. The molecule has 0 atom stereocenters. The molecule has 0 bridgehead atoms. The van der Waals surface area contributed by atoms with Crippen molar-refractivity contribution in [3.8, 4) is 17.4 Å². The minimum Gasteiger partial charge on any atom is -0.423 e. The summed E-state index contributed by atoms with van der Waals surface area (Å²) in [6.07, 6.45) is 0.836. The Hall–Kier alpha value is -3.58. The number of rotatable bonds is 8. The fraction of sp³-hybridized carbons (Fsp3) is 0.136. The van der Waals surface area contributed by atoms with E-state index in [1.165, 1.54) is 12.1 Å². The van der Waals surface area contributed by atoms with Gasteiger partial charge in [-0.2, -0.15) is 4.68 Å². The van der Waals surface area contributed by atoms with Crippen LogP contribution in [0.25, 0.3) is 5.69 Å². The lowest BCUT2D eigenvalue weighted by atomic mass is 10.1. The Morgan fingerprint density at radius 1 is 0.897 bits per heavy atom. The van der Waals surface area contributed by atoms with Crippen LogP contribution in [-0.2, 0) is 13.0 Å². The van der Waals surface area contributed by atoms with Crippen LogP contribution >= 0.6 is 0 Å². The van der Waals surface area contributed by atoms with Crippen LogP contribution in [0.1, 0.15) is 11.1 Å². The smallest absolute Gasteiger partial charge is 0.345 e. The summed E-state index contributed by atoms with van der Waals surface area (Å²) in [6.45, 7) is 1.49. The summed E-state index contributed by atoms with van der Waals surface area (Å²) >= 11 is 0. The molecule has 29 heavy (non-hydrogen) atoms. The van der Waals surface area contributed by atoms with Gasteiger partial charge in [0.05, 0.1) is 5.69 Å². The Labute approximate surface area is 168 Å². The van der Waals surface area contributed by atoms with E-state index < -0.39 is 0 Å². The lowest BCUT2D eigenvalue weighted by Crippen LogP contribution is -2.16. The van der Waals surface area contributed by atoms with Gasteiger partial charge in [0.2, 0.25) is 0 Å². The van der Waals surface area contributed by atoms with Crippen molar-refractivity contribution >= 4 is 0 Å². The highest BCUT2D eigenvalue weighted by atomic mass is 19.1. The first-order chi connectivity index (χ1) is 14.3. The van der Waals surface area contributed by atoms with E-state index in [4.69, 9.17) is 4.74 Å². The van der Waals surface area contributed by atoms with Crippen LogP contribution in [0.4, 0.5) is 4.39 Å². The fourth-order valence-electron chi connectivity index (χ4n) is 2.91. The molecular formula is C22H20FN5O. The van der Waals surface area contributed by atoms with Crippen molar-refractivity contribution in [1.29, 1.82) is 0 Å². The molecule has 6 nitrogen and oxygen atoms in total. The Kier molecular flexibility index (Phi) is 5.87. The van der Waals surface area contributed by atoms with Gasteiger partial charge in [0.1, 0.15) is 11.6 Å². The number of nitrogens with zero attached hydrogens (tertiary/aromatic N) is 4. The minimum atomic E-state index is -0.211. The predicted molar refractivity (Wildman–Crippen MR) is 107 cm³/mol. The first-order valence-electron chi connectivity index (χ1n) is 9.34. The van der Waals surface area contributed by atoms with Crippen molar-refractivity contribution in [1.82, 2.24) is 25.5 Å². The summed E-state index contributed by atoms with van der Waals surface area (Å²) in [4.78, 5) is 0. The highest BCUT2D eigenvalue weighted by molar-refractivity contribution is 5.34. The summed E-state index contributed by atoms with van der Waals surface area (Å²) in [5.74, 6) is 0.451. The van der Waals surface area contributed by atoms with Crippen LogP contribution in [0.15, 0.2) is 78.9 Å². The number of aromatic nitrogens is 4. The Balaban J connectivity index is 1.35. The third-order valence-corrected chi connectivity index (χ3v) is 4.38. The van der Waals surface area contributed by atoms with Crippen LogP contribution in [0.5, 0.6) is 11.8 Å². The monoisotopic (exact) mass is 389 g/mol. The summed E-state index contributed by atoms with van der Waals surface area (Å²) in [7, 11) is 0. The second kappa shape index (κ2) is 9.07. The van der Waals surface area contributed by atoms with Gasteiger partial charge in [-0.25, -0.2) is 4.39 Å². The van der Waals surface area contributed by atoms with Crippen LogP contribution in [0.3, 0.4) is 0 Å². The normalized spacial score (nSPS) is 10.8. The Morgan fingerprint density at radius 2 is 1.72 bits per heavy atom. The first-order valence-corrected chi connectivity index (χ1v) is 9.34. The van der Waals surface area contributed by atoms with Crippen molar-refractivity contribution < 1.29 is 9.13 Å². The maximum atomic E-state index is 12.9. The SMILES string of the molecule is Fc1ccc(CCNCc2cccc(Oc3nnnn3-c3ccccc3)c2)cc1. The van der Waals surface area contributed by atoms with Crippen LogP contribution < -0.4 is 10.1 Å². The van der Waals surface area contributed by atoms with E-state index in [0.29, 0.717) is 18.3 Å². The van der Waals surface area contributed by atoms with Gasteiger partial charge in [-0.15, -0.1) is 0 Å². The van der Waals surface area contributed by atoms with Gasteiger partial charge in [0.25, 0.3) is 0 Å². The molecule has 0 amide bonds. The summed E-state index contributed by atoms with van der Waals surface area (Å²) < 4.78 is 20.4. The fourth-order valence-corrected chi connectivity index (χ4v) is 2.91. The number of hydrogen-bond acceptors (Lipinski definition) is 5. The zero-order valence-electron chi connectivity index (χ0n) is 15.7. The maximum absolute atomic E-state index is 12.9. The van der Waals surface area contributed by atoms with Gasteiger partial charge >= 0.3 is 6.01 Å². The molecule has 0 saturated carbocycles. The van der Waals surface area contributed by atoms with Crippen molar-refractivity contribution in [2.45, 2.75) is 13.0 Å². The first kappa shape index (κ1) is 18.8. The lowest BCUT2D eigenvalue weighted by molar-refractivity contribution is 0.426. The summed E-state index contributed by atoms with van der Waals surface area (Å²) in [5, 5.41) is 15.1. The molecule has 1 heterocycles. The van der Waals surface area contributed by atoms with E-state index in [1.54, 1.807) is 4.68 Å². The molecule has 1 N–H and O–H groups in total. The van der Waals surface area contributed by atoms with Gasteiger partial charge in [-0.05, 0) is 70.9 Å². The molecule has 0 aliphatic heterocycles. The van der Waals surface area contributed by atoms with Crippen LogP contribution in [0.2, 0.25) is 0 Å². The summed E-state index contributed by atoms with van der Waals surface area (Å²) in [6, 6.07) is 24.2. The van der Waals surface area contributed by atoms with Gasteiger partial charge in [-0.1, -0.05) is 47.6 Å². The van der Waals surface area contributed by atoms with Crippen LogP contribution in [-0.4, -0.2) is 26.8 Å². The number of nitrogens with one attached hydrogen (secondary N) is 1. The Bertz CT molecular complexity index is 1050. The number of hydrogen-bond donors (Lipinski definition) is 1. The number of ether oxygens (including phenoxy) is 1. The zero-order chi connectivity index (χ0) is 19.9. The van der Waals surface area contributed by atoms with Crippen molar-refractivity contribution in [3.05, 3.63) is 95.8 Å². The van der Waals surface area contributed by atoms with E-state index in [0.717, 1.165) is 29.8 Å². The molecule has 1 aromatic heterocycles. The van der Waals surface area contributed by atoms with Crippen molar-refractivity contribution in [2.24, 2.45) is 0 Å². The topological polar surface area (TPSA) is 64.9 Å². The van der Waals surface area contributed by atoms with Crippen molar-refractivity contribution in [3.63, 3.8) is 0 Å². The highest BCUT2D eigenvalue weighted by Gasteiger charge is 2.10. The molecular weight excluding hydrogens is 369 g/mol. The Morgan fingerprint density at radius 3 is 2.55 bits per heavy atom. The van der Waals surface area contributed by atoms with E-state index in [1.807, 2.05) is 66.7 Å². The van der Waals surface area contributed by atoms with E-state index in [-0.39, 0.29) is 5.82 Å². The quantitative estimate of drug-likeness (QED) is 0.463. The van der Waals surface area contributed by atoms with Crippen LogP contribution in [0, 0.1) is 5.82 Å². The minimum absolute atomic E-state index is 0.211. The molecule has 0 aliphatic carbocycles. The van der Waals surface area contributed by atoms with Gasteiger partial charge in [-0.3, -0.25) is 0 Å². The number of halogens is 1. The molecule has 4 rings (SSSR count). The zero-order valence-corrected chi connectivity index (χ0v) is 15.7. The molecule has 0 saturated heterocycles. The van der Waals surface area contributed by atoms with Gasteiger partial charge in [0, 0.05) is 6.54 Å². The second-order valence-corrected chi connectivity index (χ2v) is 6.51. The number of benzene rings is 3. The average Bonchev–Trinajstić information content (AvgIpc) is 3.21. The number of para-hydroxylation sites is 1. The van der Waals surface area contributed by atoms with E-state index >= 15 is 0 Å². The molecule has 7 heteroatoms. The predicted octanol–water partition coefficient (Wildman–Crippen LogP) is 3.93. The lowest BCUT2D eigenvalue weighted by Gasteiger charge is -2.09. The molecule has 0 radical (unpaired) electrons. The highest BCUT2D eigenvalue weighted by Crippen LogP contribution is 2.22. The third-order valence-electron chi connectivity index (χ3n) is 4.38. The summed E-state index contributed by atoms with van der Waals surface area (Å²) in [5.41, 5.74) is 3.01. The molecule has 3 aromatic carbocycles. The standard InChI is InChI=1S/C22H20FN5O/c23-19-11-9-17(10-12-19)13-14-24-16-18-5-4-8-21(15-18)29-22-25-26-27-28(22)20-6-2-1-3-7-20/h1-12,15,24H,13-14,16H2. The van der Waals surface area contributed by atoms with Crippen molar-refractivity contribution in [2.75, 3.05) is 6.54 Å². The van der Waals surface area contributed by atoms with E-state index in [9.17, 15) is 4.39 Å². The van der Waals surface area contributed by atoms with Gasteiger partial charge in [0.15, 0.2) is 0 Å². The molecule has 4 aromatic rings. The second-order valence-electron chi connectivity index (χ2n) is 6.51. The molecule has 0 fully saturated rings. The maximum Gasteiger partial charge on any atom is 0.345 e. The molecule has 0 unspecified atom stereocenters. The number of tetrazole rings is 1. The van der Waals surface area contributed by atoms with E-state index in [2.05, 4.69) is 20.8 Å². The largest absolute Gasteiger partial charge is 0.423 e. The molecule has 0 spiro atoms. The average molecular weight is 389 g/mol. The third kappa shape index (κ3) is 5.03. The van der Waals surface area contributed by atoms with Gasteiger partial charge < -0.3 is 10.1 Å². The molecule has 146 valence electrons.